The molecule has 1 amide bonds. The number of fused-ring (bicyclic) bond motifs is 1. The van der Waals surface area contributed by atoms with Crippen LogP contribution in [0.4, 0.5) is 5.69 Å². The standard InChI is InChI=1S/C21H20N2O2S2/c1-14(24)15-4-2-5-16(12-15)22-20(25)13-23-9-7-18-17(8-11-27-18)21(23)19-6-3-10-26-19/h2-6,8,10-12,21H,7,9,13H2,1H3,(H,22,25)/p+1/t21-/m0/s1. The average molecular weight is 398 g/mol. The summed E-state index contributed by atoms with van der Waals surface area (Å²) in [4.78, 5) is 28.3. The lowest BCUT2D eigenvalue weighted by atomic mass is 9.98. The number of hydrogen-bond donors (Lipinski definition) is 2. The smallest absolute Gasteiger partial charge is 0.279 e. The molecule has 0 aliphatic carbocycles. The minimum Gasteiger partial charge on any atom is -0.321 e. The van der Waals surface area contributed by atoms with E-state index in [1.54, 1.807) is 29.5 Å². The number of carbonyl (C=O) groups is 2. The van der Waals surface area contributed by atoms with Crippen LogP contribution >= 0.6 is 22.7 Å². The summed E-state index contributed by atoms with van der Waals surface area (Å²) in [6.07, 6.45) is 1.01. The third-order valence-corrected chi connectivity index (χ3v) is 6.87. The van der Waals surface area contributed by atoms with Gasteiger partial charge in [-0.2, -0.15) is 0 Å². The molecule has 2 aromatic heterocycles. The Morgan fingerprint density at radius 1 is 1.15 bits per heavy atom. The van der Waals surface area contributed by atoms with Crippen LogP contribution in [0.2, 0.25) is 0 Å². The van der Waals surface area contributed by atoms with Crippen molar-refractivity contribution >= 4 is 40.1 Å². The molecule has 0 saturated heterocycles. The summed E-state index contributed by atoms with van der Waals surface area (Å²) in [5.74, 6) is -0.0264. The van der Waals surface area contributed by atoms with Gasteiger partial charge >= 0.3 is 0 Å². The molecule has 6 heteroatoms. The van der Waals surface area contributed by atoms with Crippen LogP contribution in [-0.4, -0.2) is 24.8 Å². The number of rotatable bonds is 5. The molecule has 3 heterocycles. The summed E-state index contributed by atoms with van der Waals surface area (Å²) in [7, 11) is 0. The number of amides is 1. The summed E-state index contributed by atoms with van der Waals surface area (Å²) in [5, 5.41) is 7.21. The van der Waals surface area contributed by atoms with E-state index >= 15 is 0 Å². The van der Waals surface area contributed by atoms with Gasteiger partial charge in [-0.25, -0.2) is 0 Å². The Morgan fingerprint density at radius 2 is 2.04 bits per heavy atom. The van der Waals surface area contributed by atoms with Gasteiger partial charge in [0.15, 0.2) is 12.3 Å². The van der Waals surface area contributed by atoms with E-state index in [1.165, 1.54) is 27.1 Å². The number of nitrogens with one attached hydrogen (secondary N) is 2. The molecule has 4 rings (SSSR count). The van der Waals surface area contributed by atoms with Crippen LogP contribution in [0.25, 0.3) is 0 Å². The van der Waals surface area contributed by atoms with Crippen molar-refractivity contribution in [2.75, 3.05) is 18.4 Å². The van der Waals surface area contributed by atoms with Gasteiger partial charge in [0.2, 0.25) is 0 Å². The van der Waals surface area contributed by atoms with Crippen molar-refractivity contribution in [1.82, 2.24) is 0 Å². The second kappa shape index (κ2) is 7.76. The number of ketones is 1. The van der Waals surface area contributed by atoms with Gasteiger partial charge in [-0.05, 0) is 41.9 Å². The zero-order valence-corrected chi connectivity index (χ0v) is 16.7. The Kier molecular flexibility index (Phi) is 5.20. The quantitative estimate of drug-likeness (QED) is 0.650. The lowest BCUT2D eigenvalue weighted by Gasteiger charge is -2.31. The average Bonchev–Trinajstić information content (AvgIpc) is 3.33. The molecule has 1 unspecified atom stereocenters. The van der Waals surface area contributed by atoms with E-state index < -0.39 is 0 Å². The highest BCUT2D eigenvalue weighted by atomic mass is 32.1. The summed E-state index contributed by atoms with van der Waals surface area (Å²) in [6.45, 7) is 2.88. The van der Waals surface area contributed by atoms with Crippen molar-refractivity contribution < 1.29 is 14.5 Å². The molecule has 0 saturated carbocycles. The van der Waals surface area contributed by atoms with Gasteiger partial charge < -0.3 is 10.2 Å². The fraction of sp³-hybridized carbons (Fsp3) is 0.238. The van der Waals surface area contributed by atoms with Gasteiger partial charge in [-0.1, -0.05) is 18.2 Å². The highest BCUT2D eigenvalue weighted by molar-refractivity contribution is 7.10. The van der Waals surface area contributed by atoms with Crippen molar-refractivity contribution in [3.8, 4) is 0 Å². The maximum Gasteiger partial charge on any atom is 0.279 e. The van der Waals surface area contributed by atoms with Gasteiger partial charge in [0, 0.05) is 28.1 Å². The molecule has 2 atom stereocenters. The molecule has 4 nitrogen and oxygen atoms in total. The Morgan fingerprint density at radius 3 is 2.81 bits per heavy atom. The Bertz CT molecular complexity index is 962. The molecule has 1 aliphatic rings. The molecular formula is C21H21N2O2S2+. The molecule has 2 N–H and O–H groups in total. The van der Waals surface area contributed by atoms with Crippen LogP contribution in [0, 0.1) is 0 Å². The number of quaternary nitrogens is 1. The van der Waals surface area contributed by atoms with Gasteiger partial charge in [0.05, 0.1) is 11.4 Å². The zero-order valence-electron chi connectivity index (χ0n) is 15.0. The number of benzene rings is 1. The highest BCUT2D eigenvalue weighted by Gasteiger charge is 2.35. The van der Waals surface area contributed by atoms with Crippen LogP contribution < -0.4 is 10.2 Å². The van der Waals surface area contributed by atoms with Crippen LogP contribution in [0.5, 0.6) is 0 Å². The van der Waals surface area contributed by atoms with Crippen molar-refractivity contribution in [2.24, 2.45) is 0 Å². The minimum absolute atomic E-state index is 0.00417. The number of anilines is 1. The second-order valence-electron chi connectivity index (χ2n) is 6.77. The van der Waals surface area contributed by atoms with E-state index in [2.05, 4.69) is 34.3 Å². The lowest BCUT2D eigenvalue weighted by molar-refractivity contribution is -0.919. The second-order valence-corrected chi connectivity index (χ2v) is 8.75. The molecule has 0 fully saturated rings. The van der Waals surface area contributed by atoms with E-state index in [0.29, 0.717) is 17.8 Å². The fourth-order valence-corrected chi connectivity index (χ4v) is 5.50. The van der Waals surface area contributed by atoms with Gasteiger partial charge in [-0.3, -0.25) is 9.59 Å². The lowest BCUT2D eigenvalue weighted by Crippen LogP contribution is -3.14. The maximum atomic E-state index is 12.7. The third-order valence-electron chi connectivity index (χ3n) is 4.94. The monoisotopic (exact) mass is 397 g/mol. The normalized spacial score (nSPS) is 18.7. The first-order valence-corrected chi connectivity index (χ1v) is 10.7. The molecule has 0 radical (unpaired) electrons. The summed E-state index contributed by atoms with van der Waals surface area (Å²) < 4.78 is 0. The summed E-state index contributed by atoms with van der Waals surface area (Å²) >= 11 is 3.56. The van der Waals surface area contributed by atoms with Crippen molar-refractivity contribution in [1.29, 1.82) is 0 Å². The fourth-order valence-electron chi connectivity index (χ4n) is 3.68. The van der Waals surface area contributed by atoms with Crippen LogP contribution in [0.1, 0.15) is 38.6 Å². The molecule has 138 valence electrons. The summed E-state index contributed by atoms with van der Waals surface area (Å²) in [5.41, 5.74) is 2.64. The molecule has 0 bridgehead atoms. The highest BCUT2D eigenvalue weighted by Crippen LogP contribution is 2.31. The topological polar surface area (TPSA) is 50.6 Å². The van der Waals surface area contributed by atoms with Gasteiger partial charge in [0.1, 0.15) is 6.04 Å². The molecule has 3 aromatic rings. The first kappa shape index (κ1) is 18.1. The van der Waals surface area contributed by atoms with E-state index in [-0.39, 0.29) is 17.7 Å². The first-order valence-electron chi connectivity index (χ1n) is 8.97. The summed E-state index contributed by atoms with van der Waals surface area (Å²) in [6, 6.07) is 13.8. The van der Waals surface area contributed by atoms with Gasteiger partial charge in [0.25, 0.3) is 5.91 Å². The SMILES string of the molecule is CC(=O)c1cccc(NC(=O)C[NH+]2CCc3sccc3[C@H]2c2cccs2)c1. The first-order chi connectivity index (χ1) is 13.1. The number of carbonyl (C=O) groups excluding carboxylic acids is 2. The van der Waals surface area contributed by atoms with Crippen LogP contribution in [0.3, 0.4) is 0 Å². The van der Waals surface area contributed by atoms with Crippen molar-refractivity contribution in [3.05, 3.63) is 74.1 Å². The minimum atomic E-state index is -0.0223. The Labute approximate surface area is 166 Å². The predicted octanol–water partition coefficient (Wildman–Crippen LogP) is 3.18. The largest absolute Gasteiger partial charge is 0.321 e. The van der Waals surface area contributed by atoms with Crippen molar-refractivity contribution in [2.45, 2.75) is 19.4 Å². The molecule has 27 heavy (non-hydrogen) atoms. The van der Waals surface area contributed by atoms with Crippen molar-refractivity contribution in [3.63, 3.8) is 0 Å². The maximum absolute atomic E-state index is 12.7. The molecule has 1 aliphatic heterocycles. The van der Waals surface area contributed by atoms with E-state index in [4.69, 9.17) is 0 Å². The van der Waals surface area contributed by atoms with Crippen LogP contribution in [0.15, 0.2) is 53.2 Å². The number of hydrogen-bond acceptors (Lipinski definition) is 4. The molecular weight excluding hydrogens is 376 g/mol. The van der Waals surface area contributed by atoms with E-state index in [1.807, 2.05) is 17.4 Å². The molecule has 1 aromatic carbocycles. The van der Waals surface area contributed by atoms with Gasteiger partial charge in [-0.15, -0.1) is 22.7 Å². The number of Topliss-reactive ketones (excluding diaryl/α,β-unsaturated/α-hetero) is 1. The van der Waals surface area contributed by atoms with E-state index in [0.717, 1.165) is 13.0 Å². The Hall–Kier alpha value is -2.28. The predicted molar refractivity (Wildman–Crippen MR) is 110 cm³/mol. The zero-order chi connectivity index (χ0) is 18.8. The van der Waals surface area contributed by atoms with Crippen LogP contribution in [-0.2, 0) is 11.2 Å². The molecule has 0 spiro atoms. The van der Waals surface area contributed by atoms with E-state index in [9.17, 15) is 9.59 Å². The number of thiophene rings is 2. The Balaban J connectivity index is 1.52. The third kappa shape index (κ3) is 3.88.